The highest BCUT2D eigenvalue weighted by atomic mass is 32.1. The lowest BCUT2D eigenvalue weighted by Gasteiger charge is -2.02. The number of rotatable bonds is 2. The van der Waals surface area contributed by atoms with E-state index >= 15 is 0 Å². The van der Waals surface area contributed by atoms with Gasteiger partial charge in [-0.2, -0.15) is 10.4 Å². The molecule has 0 unspecified atom stereocenters. The minimum atomic E-state index is 0.418. The molecule has 2 heterocycles. The summed E-state index contributed by atoms with van der Waals surface area (Å²) in [7, 11) is 0. The van der Waals surface area contributed by atoms with Gasteiger partial charge in [0, 0.05) is 10.9 Å². The van der Waals surface area contributed by atoms with Gasteiger partial charge in [-0.1, -0.05) is 60.7 Å². The van der Waals surface area contributed by atoms with Gasteiger partial charge in [-0.05, 0) is 18.2 Å². The maximum atomic E-state index is 9.30. The minimum absolute atomic E-state index is 0.418. The standard InChI is InChI=1S/C19H12N4S/c20-12-14-11-16-17(13-7-3-1-4-8-13)22-23(18(16)21-19(14)24)15-9-5-2-6-10-15/h1-11H,(H,21,24). The number of benzene rings is 2. The molecule has 0 aliphatic heterocycles. The first-order valence-electron chi connectivity index (χ1n) is 7.45. The number of H-pyrrole nitrogens is 1. The molecule has 0 saturated carbocycles. The lowest BCUT2D eigenvalue weighted by atomic mass is 10.1. The molecule has 24 heavy (non-hydrogen) atoms. The van der Waals surface area contributed by atoms with E-state index in [1.807, 2.05) is 71.4 Å². The highest BCUT2D eigenvalue weighted by Gasteiger charge is 2.15. The highest BCUT2D eigenvalue weighted by molar-refractivity contribution is 7.71. The second-order valence-electron chi connectivity index (χ2n) is 5.35. The molecule has 0 aliphatic carbocycles. The summed E-state index contributed by atoms with van der Waals surface area (Å²) >= 11 is 5.29. The van der Waals surface area contributed by atoms with Crippen molar-refractivity contribution >= 4 is 23.3 Å². The largest absolute Gasteiger partial charge is 0.330 e. The van der Waals surface area contributed by atoms with Crippen LogP contribution in [-0.2, 0) is 0 Å². The summed E-state index contributed by atoms with van der Waals surface area (Å²) in [4.78, 5) is 3.16. The van der Waals surface area contributed by atoms with Gasteiger partial charge in [0.25, 0.3) is 0 Å². The number of nitriles is 1. The molecule has 4 nitrogen and oxygen atoms in total. The van der Waals surface area contributed by atoms with E-state index in [0.29, 0.717) is 10.2 Å². The quantitative estimate of drug-likeness (QED) is 0.546. The Morgan fingerprint density at radius 3 is 2.33 bits per heavy atom. The lowest BCUT2D eigenvalue weighted by molar-refractivity contribution is 0.900. The Hall–Kier alpha value is -3.23. The molecule has 0 aliphatic rings. The van der Waals surface area contributed by atoms with E-state index in [0.717, 1.165) is 28.0 Å². The zero-order chi connectivity index (χ0) is 16.5. The zero-order valence-corrected chi connectivity index (χ0v) is 13.4. The van der Waals surface area contributed by atoms with Gasteiger partial charge < -0.3 is 4.98 Å². The van der Waals surface area contributed by atoms with Crippen molar-refractivity contribution in [3.63, 3.8) is 0 Å². The number of aromatic amines is 1. The summed E-state index contributed by atoms with van der Waals surface area (Å²) in [6.07, 6.45) is 0. The number of nitrogens with one attached hydrogen (secondary N) is 1. The maximum Gasteiger partial charge on any atom is 0.142 e. The van der Waals surface area contributed by atoms with Crippen LogP contribution in [0.4, 0.5) is 0 Å². The smallest absolute Gasteiger partial charge is 0.142 e. The van der Waals surface area contributed by atoms with E-state index in [2.05, 4.69) is 11.1 Å². The molecular formula is C19H12N4S. The first-order chi connectivity index (χ1) is 11.8. The van der Waals surface area contributed by atoms with Crippen LogP contribution in [0.2, 0.25) is 0 Å². The molecule has 114 valence electrons. The topological polar surface area (TPSA) is 57.4 Å². The third-order valence-corrected chi connectivity index (χ3v) is 4.18. The first-order valence-corrected chi connectivity index (χ1v) is 7.86. The summed E-state index contributed by atoms with van der Waals surface area (Å²) in [6, 6.07) is 23.7. The number of pyridine rings is 1. The van der Waals surface area contributed by atoms with Crippen molar-refractivity contribution in [2.75, 3.05) is 0 Å². The van der Waals surface area contributed by atoms with Crippen LogP contribution in [0, 0.1) is 16.0 Å². The van der Waals surface area contributed by atoms with Crippen molar-refractivity contribution in [2.45, 2.75) is 0 Å². The summed E-state index contributed by atoms with van der Waals surface area (Å²) < 4.78 is 2.25. The molecule has 0 saturated heterocycles. The Balaban J connectivity index is 2.10. The van der Waals surface area contributed by atoms with Gasteiger partial charge in [-0.25, -0.2) is 4.68 Å². The molecule has 2 aromatic carbocycles. The van der Waals surface area contributed by atoms with Crippen LogP contribution in [0.3, 0.4) is 0 Å². The fraction of sp³-hybridized carbons (Fsp3) is 0. The van der Waals surface area contributed by atoms with Crippen molar-refractivity contribution in [3.05, 3.63) is 76.9 Å². The van der Waals surface area contributed by atoms with Crippen LogP contribution < -0.4 is 0 Å². The van der Waals surface area contributed by atoms with Crippen LogP contribution in [0.1, 0.15) is 5.56 Å². The third-order valence-electron chi connectivity index (χ3n) is 3.86. The van der Waals surface area contributed by atoms with E-state index in [9.17, 15) is 5.26 Å². The molecule has 5 heteroatoms. The third kappa shape index (κ3) is 2.30. The predicted molar refractivity (Wildman–Crippen MR) is 96.4 cm³/mol. The molecule has 4 aromatic rings. The Morgan fingerprint density at radius 2 is 1.67 bits per heavy atom. The molecular weight excluding hydrogens is 316 g/mol. The SMILES string of the molecule is N#Cc1cc2c(-c3ccccc3)nn(-c3ccccc3)c2[nH]c1=S. The van der Waals surface area contributed by atoms with Crippen LogP contribution >= 0.6 is 12.2 Å². The average Bonchev–Trinajstić information content (AvgIpc) is 3.00. The van der Waals surface area contributed by atoms with Gasteiger partial charge in [-0.3, -0.25) is 0 Å². The van der Waals surface area contributed by atoms with Gasteiger partial charge in [0.1, 0.15) is 22.1 Å². The van der Waals surface area contributed by atoms with E-state index < -0.39 is 0 Å². The highest BCUT2D eigenvalue weighted by Crippen LogP contribution is 2.29. The predicted octanol–water partition coefficient (Wildman–Crippen LogP) is 4.62. The fourth-order valence-corrected chi connectivity index (χ4v) is 2.92. The Bertz CT molecular complexity index is 1120. The van der Waals surface area contributed by atoms with Crippen LogP contribution in [0.5, 0.6) is 0 Å². The normalized spacial score (nSPS) is 10.6. The summed E-state index contributed by atoms with van der Waals surface area (Å²) in [6.45, 7) is 0. The number of fused-ring (bicyclic) bond motifs is 1. The Kier molecular flexibility index (Phi) is 3.45. The van der Waals surface area contributed by atoms with Crippen molar-refractivity contribution < 1.29 is 0 Å². The molecule has 1 N–H and O–H groups in total. The van der Waals surface area contributed by atoms with Gasteiger partial charge in [0.2, 0.25) is 0 Å². The van der Waals surface area contributed by atoms with E-state index in [4.69, 9.17) is 17.3 Å². The number of hydrogen-bond donors (Lipinski definition) is 1. The molecule has 0 atom stereocenters. The van der Waals surface area contributed by atoms with Crippen molar-refractivity contribution in [1.29, 1.82) is 5.26 Å². The fourth-order valence-electron chi connectivity index (χ4n) is 2.72. The maximum absolute atomic E-state index is 9.30. The first kappa shape index (κ1) is 14.4. The van der Waals surface area contributed by atoms with Crippen LogP contribution in [-0.4, -0.2) is 14.8 Å². The molecule has 4 rings (SSSR count). The van der Waals surface area contributed by atoms with E-state index in [-0.39, 0.29) is 0 Å². The van der Waals surface area contributed by atoms with Gasteiger partial charge in [0.15, 0.2) is 0 Å². The molecule has 0 bridgehead atoms. The van der Waals surface area contributed by atoms with E-state index in [1.54, 1.807) is 0 Å². The van der Waals surface area contributed by atoms with E-state index in [1.165, 1.54) is 0 Å². The molecule has 0 fully saturated rings. The molecule has 0 radical (unpaired) electrons. The van der Waals surface area contributed by atoms with Crippen molar-refractivity contribution in [2.24, 2.45) is 0 Å². The van der Waals surface area contributed by atoms with Gasteiger partial charge >= 0.3 is 0 Å². The summed E-state index contributed by atoms with van der Waals surface area (Å²) in [5.41, 5.74) is 3.97. The number of hydrogen-bond acceptors (Lipinski definition) is 3. The summed E-state index contributed by atoms with van der Waals surface area (Å²) in [5.74, 6) is 0. The van der Waals surface area contributed by atoms with Crippen LogP contribution in [0.15, 0.2) is 66.7 Å². The van der Waals surface area contributed by atoms with Gasteiger partial charge in [0.05, 0.1) is 11.3 Å². The number of para-hydroxylation sites is 1. The van der Waals surface area contributed by atoms with Crippen LogP contribution in [0.25, 0.3) is 28.0 Å². The molecule has 0 amide bonds. The molecule has 2 aromatic heterocycles. The summed E-state index contributed by atoms with van der Waals surface area (Å²) in [5, 5.41) is 14.9. The minimum Gasteiger partial charge on any atom is -0.330 e. The number of aromatic nitrogens is 3. The Morgan fingerprint density at radius 1 is 1.00 bits per heavy atom. The van der Waals surface area contributed by atoms with Crippen molar-refractivity contribution in [3.8, 4) is 23.0 Å². The lowest BCUT2D eigenvalue weighted by Crippen LogP contribution is -1.98. The zero-order valence-electron chi connectivity index (χ0n) is 12.6. The molecule has 0 spiro atoms. The van der Waals surface area contributed by atoms with Gasteiger partial charge in [-0.15, -0.1) is 0 Å². The monoisotopic (exact) mass is 328 g/mol. The average molecular weight is 328 g/mol. The van der Waals surface area contributed by atoms with Crippen molar-refractivity contribution in [1.82, 2.24) is 14.8 Å². The second-order valence-corrected chi connectivity index (χ2v) is 5.76. The second kappa shape index (κ2) is 5.76. The number of nitrogens with zero attached hydrogens (tertiary/aromatic N) is 3. The Labute approximate surface area is 143 Å².